The molecule has 21 heavy (non-hydrogen) atoms. The second-order valence-electron chi connectivity index (χ2n) is 4.37. The molecule has 0 unspecified atom stereocenters. The maximum Gasteiger partial charge on any atom is 0.141 e. The van der Waals surface area contributed by atoms with E-state index in [1.54, 1.807) is 31.0 Å². The number of halogens is 1. The smallest absolute Gasteiger partial charge is 0.141 e. The lowest BCUT2D eigenvalue weighted by molar-refractivity contribution is 0.181. The number of aromatic nitrogens is 2. The number of benzene rings is 1. The molecule has 0 aliphatic carbocycles. The second-order valence-corrected chi connectivity index (χ2v) is 5.42. The number of thioether (sulfide) groups is 1. The fourth-order valence-electron chi connectivity index (χ4n) is 1.79. The first-order chi connectivity index (χ1) is 10.2. The summed E-state index contributed by atoms with van der Waals surface area (Å²) in [6.07, 6.45) is 0. The van der Waals surface area contributed by atoms with Crippen LogP contribution in [0.3, 0.4) is 0 Å². The van der Waals surface area contributed by atoms with Crippen molar-refractivity contribution in [1.82, 2.24) is 9.97 Å². The van der Waals surface area contributed by atoms with Gasteiger partial charge in [0.25, 0.3) is 0 Å². The summed E-state index contributed by atoms with van der Waals surface area (Å²) in [7, 11) is 1.64. The zero-order valence-electron chi connectivity index (χ0n) is 12.1. The summed E-state index contributed by atoms with van der Waals surface area (Å²) in [5, 5.41) is 3.19. The van der Waals surface area contributed by atoms with Gasteiger partial charge in [0.2, 0.25) is 0 Å². The average molecular weight is 307 g/mol. The van der Waals surface area contributed by atoms with Crippen molar-refractivity contribution in [3.8, 4) is 0 Å². The first kappa shape index (κ1) is 15.7. The Bertz CT molecular complexity index is 553. The van der Waals surface area contributed by atoms with Gasteiger partial charge in [0.1, 0.15) is 17.5 Å². The van der Waals surface area contributed by atoms with Gasteiger partial charge >= 0.3 is 0 Å². The topological polar surface area (TPSA) is 47.0 Å². The van der Waals surface area contributed by atoms with Crippen molar-refractivity contribution in [2.45, 2.75) is 24.2 Å². The maximum atomic E-state index is 12.9. The normalized spacial score (nSPS) is 10.6. The molecule has 0 bridgehead atoms. The highest BCUT2D eigenvalue weighted by Gasteiger charge is 2.05. The van der Waals surface area contributed by atoms with Gasteiger partial charge in [0.05, 0.1) is 18.1 Å². The lowest BCUT2D eigenvalue weighted by Crippen LogP contribution is -2.06. The Morgan fingerprint density at radius 3 is 2.67 bits per heavy atom. The third kappa shape index (κ3) is 4.99. The minimum absolute atomic E-state index is 0.230. The number of anilines is 1. The van der Waals surface area contributed by atoms with Gasteiger partial charge in [-0.1, -0.05) is 0 Å². The Hall–Kier alpha value is -1.66. The molecule has 4 nitrogen and oxygen atoms in total. The summed E-state index contributed by atoms with van der Waals surface area (Å²) < 4.78 is 18.0. The van der Waals surface area contributed by atoms with Crippen molar-refractivity contribution in [2.24, 2.45) is 0 Å². The van der Waals surface area contributed by atoms with Gasteiger partial charge in [0.15, 0.2) is 0 Å². The van der Waals surface area contributed by atoms with Crippen LogP contribution in [-0.2, 0) is 17.1 Å². The number of methoxy groups -OCH3 is 1. The Balaban J connectivity index is 2.08. The highest BCUT2D eigenvalue weighted by atomic mass is 32.2. The van der Waals surface area contributed by atoms with Gasteiger partial charge in [-0.05, 0) is 31.2 Å². The molecule has 0 fully saturated rings. The van der Waals surface area contributed by atoms with E-state index in [4.69, 9.17) is 4.74 Å². The van der Waals surface area contributed by atoms with E-state index in [2.05, 4.69) is 15.3 Å². The standard InChI is InChI=1S/C15H18FN3OS/c1-3-17-14-8-12(9-20-2)18-15(19-14)10-21-13-6-4-11(16)5-7-13/h4-8H,3,9-10H2,1-2H3,(H,17,18,19). The Kier molecular flexibility index (Phi) is 5.95. The number of nitrogens with one attached hydrogen (secondary N) is 1. The van der Waals surface area contributed by atoms with E-state index >= 15 is 0 Å². The van der Waals surface area contributed by atoms with Crippen molar-refractivity contribution in [3.63, 3.8) is 0 Å². The van der Waals surface area contributed by atoms with Crippen LogP contribution in [0.5, 0.6) is 0 Å². The van der Waals surface area contributed by atoms with Crippen LogP contribution >= 0.6 is 11.8 Å². The summed E-state index contributed by atoms with van der Waals surface area (Å²) in [4.78, 5) is 9.92. The third-order valence-electron chi connectivity index (χ3n) is 2.66. The molecule has 0 saturated carbocycles. The van der Waals surface area contributed by atoms with Gasteiger partial charge < -0.3 is 10.1 Å². The van der Waals surface area contributed by atoms with Crippen LogP contribution in [0.15, 0.2) is 35.2 Å². The van der Waals surface area contributed by atoms with Gasteiger partial charge in [-0.2, -0.15) is 0 Å². The zero-order chi connectivity index (χ0) is 15.1. The van der Waals surface area contributed by atoms with E-state index < -0.39 is 0 Å². The van der Waals surface area contributed by atoms with Crippen LogP contribution < -0.4 is 5.32 Å². The number of rotatable bonds is 7. The molecule has 2 aromatic rings. The molecule has 2 rings (SSSR count). The minimum atomic E-state index is -0.230. The highest BCUT2D eigenvalue weighted by molar-refractivity contribution is 7.98. The van der Waals surface area contributed by atoms with Crippen LogP contribution in [0.2, 0.25) is 0 Å². The van der Waals surface area contributed by atoms with Gasteiger partial charge in [-0.15, -0.1) is 11.8 Å². The van der Waals surface area contributed by atoms with E-state index in [1.165, 1.54) is 12.1 Å². The van der Waals surface area contributed by atoms with Crippen molar-refractivity contribution >= 4 is 17.6 Å². The number of nitrogens with zero attached hydrogens (tertiary/aromatic N) is 2. The maximum absolute atomic E-state index is 12.9. The van der Waals surface area contributed by atoms with Crippen LogP contribution in [0, 0.1) is 5.82 Å². The molecule has 1 heterocycles. The summed E-state index contributed by atoms with van der Waals surface area (Å²) in [5.74, 6) is 1.93. The molecule has 0 spiro atoms. The molecule has 0 radical (unpaired) electrons. The van der Waals surface area contributed by atoms with Gasteiger partial charge in [0, 0.05) is 24.6 Å². The second kappa shape index (κ2) is 7.95. The van der Waals surface area contributed by atoms with Crippen LogP contribution in [-0.4, -0.2) is 23.6 Å². The monoisotopic (exact) mass is 307 g/mol. The third-order valence-corrected chi connectivity index (χ3v) is 3.67. The lowest BCUT2D eigenvalue weighted by atomic mass is 10.4. The van der Waals surface area contributed by atoms with Crippen molar-refractivity contribution < 1.29 is 9.13 Å². The summed E-state index contributed by atoms with van der Waals surface area (Å²) in [6, 6.07) is 8.30. The highest BCUT2D eigenvalue weighted by Crippen LogP contribution is 2.22. The molecule has 112 valence electrons. The van der Waals surface area contributed by atoms with E-state index in [1.807, 2.05) is 13.0 Å². The SMILES string of the molecule is CCNc1cc(COC)nc(CSc2ccc(F)cc2)n1. The fourth-order valence-corrected chi connectivity index (χ4v) is 2.54. The van der Waals surface area contributed by atoms with E-state index in [9.17, 15) is 4.39 Å². The van der Waals surface area contributed by atoms with E-state index in [-0.39, 0.29) is 5.82 Å². The first-order valence-electron chi connectivity index (χ1n) is 6.69. The van der Waals surface area contributed by atoms with Crippen LogP contribution in [0.4, 0.5) is 10.2 Å². The number of ether oxygens (including phenoxy) is 1. The Labute approximate surface area is 128 Å². The molecule has 0 atom stereocenters. The molecule has 1 aromatic heterocycles. The fraction of sp³-hybridized carbons (Fsp3) is 0.333. The zero-order valence-corrected chi connectivity index (χ0v) is 12.9. The van der Waals surface area contributed by atoms with Crippen LogP contribution in [0.25, 0.3) is 0 Å². The molecule has 0 aliphatic rings. The van der Waals surface area contributed by atoms with Crippen molar-refractivity contribution in [2.75, 3.05) is 19.0 Å². The lowest BCUT2D eigenvalue weighted by Gasteiger charge is -2.08. The molecule has 1 aromatic carbocycles. The summed E-state index contributed by atoms with van der Waals surface area (Å²) >= 11 is 1.58. The molecular formula is C15H18FN3OS. The van der Waals surface area contributed by atoms with Crippen molar-refractivity contribution in [1.29, 1.82) is 0 Å². The minimum Gasteiger partial charge on any atom is -0.378 e. The summed E-state index contributed by atoms with van der Waals surface area (Å²) in [5.41, 5.74) is 0.846. The van der Waals surface area contributed by atoms with Gasteiger partial charge in [-0.25, -0.2) is 14.4 Å². The predicted octanol–water partition coefficient (Wildman–Crippen LogP) is 3.49. The largest absolute Gasteiger partial charge is 0.378 e. The first-order valence-corrected chi connectivity index (χ1v) is 7.68. The van der Waals surface area contributed by atoms with Crippen LogP contribution in [0.1, 0.15) is 18.4 Å². The Morgan fingerprint density at radius 1 is 1.24 bits per heavy atom. The van der Waals surface area contributed by atoms with E-state index in [0.29, 0.717) is 12.4 Å². The van der Waals surface area contributed by atoms with Crippen molar-refractivity contribution in [3.05, 3.63) is 47.7 Å². The number of hydrogen-bond donors (Lipinski definition) is 1. The average Bonchev–Trinajstić information content (AvgIpc) is 2.47. The quantitative estimate of drug-likeness (QED) is 0.794. The number of hydrogen-bond acceptors (Lipinski definition) is 5. The molecular weight excluding hydrogens is 289 g/mol. The molecule has 1 N–H and O–H groups in total. The van der Waals surface area contributed by atoms with E-state index in [0.717, 1.165) is 28.8 Å². The molecule has 0 aliphatic heterocycles. The molecule has 0 saturated heterocycles. The summed E-state index contributed by atoms with van der Waals surface area (Å²) in [6.45, 7) is 3.27. The predicted molar refractivity (Wildman–Crippen MR) is 82.9 cm³/mol. The Morgan fingerprint density at radius 2 is 2.00 bits per heavy atom. The van der Waals surface area contributed by atoms with Gasteiger partial charge in [-0.3, -0.25) is 0 Å². The molecule has 6 heteroatoms. The molecule has 0 amide bonds.